The predicted octanol–water partition coefficient (Wildman–Crippen LogP) is 3.40. The van der Waals surface area contributed by atoms with Crippen LogP contribution in [0.15, 0.2) is 42.5 Å². The predicted molar refractivity (Wildman–Crippen MR) is 78.2 cm³/mol. The van der Waals surface area contributed by atoms with Crippen LogP contribution in [0.25, 0.3) is 0 Å². The molecule has 0 amide bonds. The summed E-state index contributed by atoms with van der Waals surface area (Å²) >= 11 is 0. The van der Waals surface area contributed by atoms with Crippen molar-refractivity contribution in [3.63, 3.8) is 0 Å². The summed E-state index contributed by atoms with van der Waals surface area (Å²) in [6.45, 7) is 0.513. The van der Waals surface area contributed by atoms with Gasteiger partial charge in [0.25, 0.3) is 5.69 Å². The highest BCUT2D eigenvalue weighted by Crippen LogP contribution is 2.28. The minimum atomic E-state index is -0.456. The number of benzene rings is 2. The zero-order valence-corrected chi connectivity index (χ0v) is 11.5. The van der Waals surface area contributed by atoms with Crippen molar-refractivity contribution in [3.8, 4) is 5.75 Å². The molecule has 0 aliphatic heterocycles. The second-order valence-corrected chi connectivity index (χ2v) is 4.44. The Morgan fingerprint density at radius 1 is 1.24 bits per heavy atom. The molecule has 0 atom stereocenters. The van der Waals surface area contributed by atoms with Crippen molar-refractivity contribution >= 4 is 11.4 Å². The number of nitrogens with one attached hydrogen (secondary N) is 1. The van der Waals surface area contributed by atoms with E-state index in [2.05, 4.69) is 5.32 Å². The molecule has 2 aromatic carbocycles. The Kier molecular flexibility index (Phi) is 4.71. The SMILES string of the molecule is COc1ccc(NCCc2ccc(F)cc2)c([N+](=O)[O-])c1. The van der Waals surface area contributed by atoms with Gasteiger partial charge in [-0.05, 0) is 36.2 Å². The van der Waals surface area contributed by atoms with E-state index < -0.39 is 4.92 Å². The summed E-state index contributed by atoms with van der Waals surface area (Å²) in [6, 6.07) is 10.8. The first-order valence-electron chi connectivity index (χ1n) is 6.41. The molecule has 0 radical (unpaired) electrons. The molecule has 21 heavy (non-hydrogen) atoms. The van der Waals surface area contributed by atoms with E-state index in [0.29, 0.717) is 24.4 Å². The molecule has 6 heteroatoms. The van der Waals surface area contributed by atoms with Crippen molar-refractivity contribution in [1.29, 1.82) is 0 Å². The molecule has 0 spiro atoms. The zero-order valence-electron chi connectivity index (χ0n) is 11.5. The highest BCUT2D eigenvalue weighted by molar-refractivity contribution is 5.63. The number of halogens is 1. The molecule has 0 bridgehead atoms. The second kappa shape index (κ2) is 6.69. The number of methoxy groups -OCH3 is 1. The van der Waals surface area contributed by atoms with Gasteiger partial charge in [-0.1, -0.05) is 12.1 Å². The lowest BCUT2D eigenvalue weighted by Crippen LogP contribution is -2.07. The van der Waals surface area contributed by atoms with Crippen LogP contribution in [-0.2, 0) is 6.42 Å². The van der Waals surface area contributed by atoms with Gasteiger partial charge >= 0.3 is 0 Å². The Morgan fingerprint density at radius 3 is 2.57 bits per heavy atom. The molecule has 1 N–H and O–H groups in total. The third kappa shape index (κ3) is 3.92. The van der Waals surface area contributed by atoms with Crippen LogP contribution in [0.2, 0.25) is 0 Å². The Bertz CT molecular complexity index is 629. The molecule has 5 nitrogen and oxygen atoms in total. The van der Waals surface area contributed by atoms with Crippen LogP contribution in [0.3, 0.4) is 0 Å². The summed E-state index contributed by atoms with van der Waals surface area (Å²) in [6.07, 6.45) is 0.642. The quantitative estimate of drug-likeness (QED) is 0.654. The molecule has 0 heterocycles. The fourth-order valence-corrected chi connectivity index (χ4v) is 1.93. The van der Waals surface area contributed by atoms with E-state index in [4.69, 9.17) is 4.74 Å². The van der Waals surface area contributed by atoms with E-state index in [9.17, 15) is 14.5 Å². The molecular formula is C15H15FN2O3. The van der Waals surface area contributed by atoms with E-state index in [1.807, 2.05) is 0 Å². The Labute approximate surface area is 121 Å². The average Bonchev–Trinajstić information content (AvgIpc) is 2.49. The molecule has 110 valence electrons. The number of hydrogen-bond acceptors (Lipinski definition) is 4. The fraction of sp³-hybridized carbons (Fsp3) is 0.200. The lowest BCUT2D eigenvalue weighted by molar-refractivity contribution is -0.384. The maximum absolute atomic E-state index is 12.8. The first kappa shape index (κ1) is 14.8. The monoisotopic (exact) mass is 290 g/mol. The Balaban J connectivity index is 2.02. The Hall–Kier alpha value is -2.63. The van der Waals surface area contributed by atoms with Crippen LogP contribution in [0.5, 0.6) is 5.75 Å². The fourth-order valence-electron chi connectivity index (χ4n) is 1.93. The first-order valence-corrected chi connectivity index (χ1v) is 6.41. The number of rotatable bonds is 6. The number of nitrogens with zero attached hydrogens (tertiary/aromatic N) is 1. The molecule has 0 aliphatic carbocycles. The van der Waals surface area contributed by atoms with Crippen molar-refractivity contribution in [2.75, 3.05) is 19.0 Å². The Morgan fingerprint density at radius 2 is 1.95 bits per heavy atom. The van der Waals surface area contributed by atoms with Gasteiger partial charge in [0, 0.05) is 6.54 Å². The number of ether oxygens (including phenoxy) is 1. The molecule has 0 aromatic heterocycles. The number of hydrogen-bond donors (Lipinski definition) is 1. The van der Waals surface area contributed by atoms with Crippen molar-refractivity contribution < 1.29 is 14.1 Å². The van der Waals surface area contributed by atoms with Crippen molar-refractivity contribution in [1.82, 2.24) is 0 Å². The van der Waals surface area contributed by atoms with Gasteiger partial charge in [-0.2, -0.15) is 0 Å². The largest absolute Gasteiger partial charge is 0.496 e. The van der Waals surface area contributed by atoms with Gasteiger partial charge in [0.15, 0.2) is 0 Å². The highest BCUT2D eigenvalue weighted by atomic mass is 19.1. The maximum Gasteiger partial charge on any atom is 0.296 e. The third-order valence-electron chi connectivity index (χ3n) is 3.04. The van der Waals surface area contributed by atoms with Crippen LogP contribution < -0.4 is 10.1 Å². The molecule has 2 aromatic rings. The van der Waals surface area contributed by atoms with Gasteiger partial charge < -0.3 is 10.1 Å². The van der Waals surface area contributed by atoms with E-state index >= 15 is 0 Å². The van der Waals surface area contributed by atoms with E-state index in [0.717, 1.165) is 5.56 Å². The standard InChI is InChI=1S/C15H15FN2O3/c1-21-13-6-7-14(15(10-13)18(19)20)17-9-8-11-2-4-12(16)5-3-11/h2-7,10,17H,8-9H2,1H3. The van der Waals surface area contributed by atoms with E-state index in [1.165, 1.54) is 25.3 Å². The van der Waals surface area contributed by atoms with Gasteiger partial charge in [0.05, 0.1) is 18.1 Å². The molecule has 0 unspecified atom stereocenters. The molecule has 0 aliphatic rings. The molecule has 0 saturated carbocycles. The van der Waals surface area contributed by atoms with E-state index in [-0.39, 0.29) is 11.5 Å². The summed E-state index contributed by atoms with van der Waals surface area (Å²) in [4.78, 5) is 10.6. The van der Waals surface area contributed by atoms with Gasteiger partial charge in [-0.15, -0.1) is 0 Å². The van der Waals surface area contributed by atoms with Gasteiger partial charge in [-0.25, -0.2) is 4.39 Å². The minimum absolute atomic E-state index is 0.0338. The summed E-state index contributed by atoms with van der Waals surface area (Å²) < 4.78 is 17.8. The van der Waals surface area contributed by atoms with Crippen molar-refractivity contribution in [3.05, 3.63) is 64.0 Å². The topological polar surface area (TPSA) is 64.4 Å². The van der Waals surface area contributed by atoms with E-state index in [1.54, 1.807) is 24.3 Å². The van der Waals surface area contributed by atoms with Crippen LogP contribution >= 0.6 is 0 Å². The minimum Gasteiger partial charge on any atom is -0.496 e. The second-order valence-electron chi connectivity index (χ2n) is 4.44. The maximum atomic E-state index is 12.8. The van der Waals surface area contributed by atoms with Gasteiger partial charge in [-0.3, -0.25) is 10.1 Å². The lowest BCUT2D eigenvalue weighted by Gasteiger charge is -2.08. The smallest absolute Gasteiger partial charge is 0.296 e. The molecule has 0 fully saturated rings. The normalized spacial score (nSPS) is 10.2. The lowest BCUT2D eigenvalue weighted by atomic mass is 10.1. The van der Waals surface area contributed by atoms with Gasteiger partial charge in [0.2, 0.25) is 0 Å². The summed E-state index contributed by atoms with van der Waals surface area (Å²) in [5, 5.41) is 14.0. The van der Waals surface area contributed by atoms with Gasteiger partial charge in [0.1, 0.15) is 17.3 Å². The van der Waals surface area contributed by atoms with Crippen LogP contribution in [0, 0.1) is 15.9 Å². The van der Waals surface area contributed by atoms with Crippen molar-refractivity contribution in [2.24, 2.45) is 0 Å². The number of anilines is 1. The first-order chi connectivity index (χ1) is 10.1. The highest BCUT2D eigenvalue weighted by Gasteiger charge is 2.14. The molecular weight excluding hydrogens is 275 g/mol. The third-order valence-corrected chi connectivity index (χ3v) is 3.04. The summed E-state index contributed by atoms with van der Waals surface area (Å²) in [5.41, 5.74) is 1.36. The van der Waals surface area contributed by atoms with Crippen molar-refractivity contribution in [2.45, 2.75) is 6.42 Å². The molecule has 0 saturated heterocycles. The summed E-state index contributed by atoms with van der Waals surface area (Å²) in [5.74, 6) is 0.156. The number of nitro benzene ring substituents is 1. The average molecular weight is 290 g/mol. The van der Waals surface area contributed by atoms with Crippen LogP contribution in [0.4, 0.5) is 15.8 Å². The summed E-state index contributed by atoms with van der Waals surface area (Å²) in [7, 11) is 1.46. The van der Waals surface area contributed by atoms with Crippen LogP contribution in [0.1, 0.15) is 5.56 Å². The molecule has 2 rings (SSSR count). The number of nitro groups is 1. The zero-order chi connectivity index (χ0) is 15.2. The van der Waals surface area contributed by atoms with Crippen LogP contribution in [-0.4, -0.2) is 18.6 Å².